The zero-order valence-corrected chi connectivity index (χ0v) is 10.7. The normalized spacial score (nSPS) is 28.1. The summed E-state index contributed by atoms with van der Waals surface area (Å²) in [5, 5.41) is 5.64. The molecular formula is C13H18N2OS. The Morgan fingerprint density at radius 1 is 1.41 bits per heavy atom. The van der Waals surface area contributed by atoms with Gasteiger partial charge in [0, 0.05) is 30.1 Å². The number of fused-ring (bicyclic) bond motifs is 2. The quantitative estimate of drug-likeness (QED) is 0.865. The first-order valence-corrected chi connectivity index (χ1v) is 7.25. The van der Waals surface area contributed by atoms with Gasteiger partial charge in [-0.2, -0.15) is 0 Å². The van der Waals surface area contributed by atoms with E-state index in [0.29, 0.717) is 24.4 Å². The van der Waals surface area contributed by atoms with Crippen molar-refractivity contribution in [1.82, 2.24) is 10.2 Å². The second-order valence-electron chi connectivity index (χ2n) is 5.02. The van der Waals surface area contributed by atoms with Crippen molar-refractivity contribution in [3.63, 3.8) is 0 Å². The molecule has 0 aromatic carbocycles. The summed E-state index contributed by atoms with van der Waals surface area (Å²) in [6.45, 7) is 1.83. The minimum absolute atomic E-state index is 0.293. The van der Waals surface area contributed by atoms with Gasteiger partial charge in [-0.25, -0.2) is 0 Å². The molecule has 0 saturated carbocycles. The number of nitrogens with zero attached hydrogens (tertiary/aromatic N) is 1. The van der Waals surface area contributed by atoms with Crippen molar-refractivity contribution in [2.75, 3.05) is 13.1 Å². The van der Waals surface area contributed by atoms with E-state index in [1.54, 1.807) is 11.3 Å². The molecule has 3 rings (SSSR count). The van der Waals surface area contributed by atoms with Crippen LogP contribution in [0.2, 0.25) is 0 Å². The third-order valence-corrected chi connectivity index (χ3v) is 4.66. The van der Waals surface area contributed by atoms with E-state index in [-0.39, 0.29) is 0 Å². The second kappa shape index (κ2) is 4.78. The molecule has 2 atom stereocenters. The van der Waals surface area contributed by atoms with Crippen molar-refractivity contribution < 1.29 is 4.79 Å². The number of hydrogen-bond acceptors (Lipinski definition) is 3. The smallest absolute Gasteiger partial charge is 0.227 e. The van der Waals surface area contributed by atoms with Crippen molar-refractivity contribution >= 4 is 17.2 Å². The molecule has 3 nitrogen and oxygen atoms in total. The third kappa shape index (κ3) is 2.53. The first-order valence-electron chi connectivity index (χ1n) is 6.37. The summed E-state index contributed by atoms with van der Waals surface area (Å²) in [6.07, 6.45) is 4.22. The van der Waals surface area contributed by atoms with Gasteiger partial charge >= 0.3 is 0 Å². The van der Waals surface area contributed by atoms with E-state index in [1.807, 2.05) is 17.5 Å². The first kappa shape index (κ1) is 11.2. The SMILES string of the molecule is O=C(Cc1cccs1)N1CCC2CCC(C1)N2. The number of hydrogen-bond donors (Lipinski definition) is 1. The lowest BCUT2D eigenvalue weighted by Gasteiger charge is -2.24. The van der Waals surface area contributed by atoms with E-state index < -0.39 is 0 Å². The number of rotatable bonds is 2. The fourth-order valence-electron chi connectivity index (χ4n) is 2.84. The number of thiophene rings is 1. The van der Waals surface area contributed by atoms with E-state index >= 15 is 0 Å². The van der Waals surface area contributed by atoms with Crippen LogP contribution in [0.3, 0.4) is 0 Å². The van der Waals surface area contributed by atoms with Crippen LogP contribution in [0.5, 0.6) is 0 Å². The average Bonchev–Trinajstić information content (AvgIpc) is 2.88. The molecule has 3 heterocycles. The summed E-state index contributed by atoms with van der Waals surface area (Å²) in [5.74, 6) is 0.293. The molecular weight excluding hydrogens is 232 g/mol. The highest BCUT2D eigenvalue weighted by molar-refractivity contribution is 7.10. The maximum Gasteiger partial charge on any atom is 0.227 e. The van der Waals surface area contributed by atoms with Crippen LogP contribution < -0.4 is 5.32 Å². The molecule has 2 bridgehead atoms. The molecule has 2 aliphatic rings. The molecule has 1 N–H and O–H groups in total. The van der Waals surface area contributed by atoms with Gasteiger partial charge in [0.2, 0.25) is 5.91 Å². The highest BCUT2D eigenvalue weighted by atomic mass is 32.1. The Morgan fingerprint density at radius 3 is 3.12 bits per heavy atom. The van der Waals surface area contributed by atoms with Crippen molar-refractivity contribution in [2.24, 2.45) is 0 Å². The summed E-state index contributed by atoms with van der Waals surface area (Å²) < 4.78 is 0. The van der Waals surface area contributed by atoms with E-state index in [2.05, 4.69) is 10.2 Å². The Kier molecular flexibility index (Phi) is 3.16. The van der Waals surface area contributed by atoms with Gasteiger partial charge in [0.25, 0.3) is 0 Å². The van der Waals surface area contributed by atoms with E-state index in [1.165, 1.54) is 17.7 Å². The molecule has 0 radical (unpaired) electrons. The van der Waals surface area contributed by atoms with Gasteiger partial charge in [-0.05, 0) is 30.7 Å². The Bertz CT molecular complexity index is 390. The molecule has 2 fully saturated rings. The highest BCUT2D eigenvalue weighted by Gasteiger charge is 2.30. The zero-order chi connectivity index (χ0) is 11.7. The fraction of sp³-hybridized carbons (Fsp3) is 0.615. The molecule has 17 heavy (non-hydrogen) atoms. The Morgan fingerprint density at radius 2 is 2.29 bits per heavy atom. The van der Waals surface area contributed by atoms with Gasteiger partial charge in [0.1, 0.15) is 0 Å². The fourth-order valence-corrected chi connectivity index (χ4v) is 3.54. The van der Waals surface area contributed by atoms with Crippen molar-refractivity contribution in [3.05, 3.63) is 22.4 Å². The summed E-state index contributed by atoms with van der Waals surface area (Å²) in [4.78, 5) is 15.4. The molecule has 1 aromatic heterocycles. The van der Waals surface area contributed by atoms with Crippen LogP contribution in [0.25, 0.3) is 0 Å². The number of carbonyl (C=O) groups is 1. The van der Waals surface area contributed by atoms with Crippen LogP contribution in [0.4, 0.5) is 0 Å². The van der Waals surface area contributed by atoms with Gasteiger partial charge in [0.15, 0.2) is 0 Å². The van der Waals surface area contributed by atoms with Crippen LogP contribution in [0.15, 0.2) is 17.5 Å². The molecule has 1 amide bonds. The lowest BCUT2D eigenvalue weighted by atomic mass is 10.1. The van der Waals surface area contributed by atoms with Crippen LogP contribution in [-0.2, 0) is 11.2 Å². The van der Waals surface area contributed by atoms with Gasteiger partial charge < -0.3 is 10.2 Å². The van der Waals surface area contributed by atoms with Gasteiger partial charge in [-0.15, -0.1) is 11.3 Å². The number of likely N-dealkylation sites (tertiary alicyclic amines) is 1. The molecule has 2 unspecified atom stereocenters. The Labute approximate surface area is 106 Å². The van der Waals surface area contributed by atoms with Crippen LogP contribution in [0.1, 0.15) is 24.1 Å². The number of nitrogens with one attached hydrogen (secondary N) is 1. The van der Waals surface area contributed by atoms with Gasteiger partial charge in [-0.3, -0.25) is 4.79 Å². The first-order chi connectivity index (χ1) is 8.31. The molecule has 2 aliphatic heterocycles. The van der Waals surface area contributed by atoms with Crippen molar-refractivity contribution in [2.45, 2.75) is 37.8 Å². The van der Waals surface area contributed by atoms with E-state index in [0.717, 1.165) is 19.5 Å². The van der Waals surface area contributed by atoms with E-state index in [4.69, 9.17) is 0 Å². The second-order valence-corrected chi connectivity index (χ2v) is 6.05. The summed E-state index contributed by atoms with van der Waals surface area (Å²) in [5.41, 5.74) is 0. The predicted octanol–water partition coefficient (Wildman–Crippen LogP) is 1.64. The monoisotopic (exact) mass is 250 g/mol. The molecule has 2 saturated heterocycles. The Balaban J connectivity index is 1.62. The molecule has 0 aliphatic carbocycles. The summed E-state index contributed by atoms with van der Waals surface area (Å²) in [6, 6.07) is 5.25. The average molecular weight is 250 g/mol. The third-order valence-electron chi connectivity index (χ3n) is 3.78. The van der Waals surface area contributed by atoms with Crippen molar-refractivity contribution in [3.8, 4) is 0 Å². The van der Waals surface area contributed by atoms with Crippen LogP contribution in [0, 0.1) is 0 Å². The lowest BCUT2D eigenvalue weighted by molar-refractivity contribution is -0.130. The summed E-state index contributed by atoms with van der Waals surface area (Å²) in [7, 11) is 0. The molecule has 4 heteroatoms. The van der Waals surface area contributed by atoms with Crippen LogP contribution in [-0.4, -0.2) is 36.0 Å². The van der Waals surface area contributed by atoms with Gasteiger partial charge in [0.05, 0.1) is 6.42 Å². The maximum absolute atomic E-state index is 12.2. The predicted molar refractivity (Wildman–Crippen MR) is 69.2 cm³/mol. The maximum atomic E-state index is 12.2. The minimum Gasteiger partial charge on any atom is -0.341 e. The Hall–Kier alpha value is -0.870. The van der Waals surface area contributed by atoms with E-state index in [9.17, 15) is 4.79 Å². The molecule has 92 valence electrons. The number of carbonyl (C=O) groups excluding carboxylic acids is 1. The van der Waals surface area contributed by atoms with Crippen molar-refractivity contribution in [1.29, 1.82) is 0 Å². The molecule has 0 spiro atoms. The largest absolute Gasteiger partial charge is 0.341 e. The standard InChI is InChI=1S/C13H18N2OS/c16-13(8-12-2-1-7-17-12)15-6-5-10-3-4-11(9-15)14-10/h1-2,7,10-11,14H,3-6,8-9H2. The van der Waals surface area contributed by atoms with Crippen LogP contribution >= 0.6 is 11.3 Å². The number of amides is 1. The summed E-state index contributed by atoms with van der Waals surface area (Å²) >= 11 is 1.67. The molecule has 1 aromatic rings. The minimum atomic E-state index is 0.293. The zero-order valence-electron chi connectivity index (χ0n) is 9.89. The van der Waals surface area contributed by atoms with Gasteiger partial charge in [-0.1, -0.05) is 6.07 Å². The highest BCUT2D eigenvalue weighted by Crippen LogP contribution is 2.21. The lowest BCUT2D eigenvalue weighted by Crippen LogP contribution is -2.39. The topological polar surface area (TPSA) is 32.3 Å².